The van der Waals surface area contributed by atoms with Crippen molar-refractivity contribution in [1.82, 2.24) is 10.6 Å². The van der Waals surface area contributed by atoms with Gasteiger partial charge in [0.15, 0.2) is 0 Å². The van der Waals surface area contributed by atoms with E-state index in [0.29, 0.717) is 25.3 Å². The van der Waals surface area contributed by atoms with Crippen molar-refractivity contribution in [3.8, 4) is 0 Å². The largest absolute Gasteiger partial charge is 0.480 e. The van der Waals surface area contributed by atoms with Gasteiger partial charge < -0.3 is 15.7 Å². The first-order valence-electron chi connectivity index (χ1n) is 8.16. The van der Waals surface area contributed by atoms with Gasteiger partial charge in [0.25, 0.3) is 0 Å². The minimum absolute atomic E-state index is 0.377. The minimum Gasteiger partial charge on any atom is -0.480 e. The van der Waals surface area contributed by atoms with Crippen LogP contribution < -0.4 is 10.6 Å². The van der Waals surface area contributed by atoms with E-state index in [9.17, 15) is 14.7 Å². The molecule has 0 aromatic rings. The van der Waals surface area contributed by atoms with Crippen LogP contribution in [-0.4, -0.2) is 29.2 Å². The predicted molar refractivity (Wildman–Crippen MR) is 83.2 cm³/mol. The standard InChI is InChI=1S/C16H30N2O3/c1-4-10-16(3,14(19)20)18-15(21)17-11-9-13-7-5-12(2)6-8-13/h12-13H,4-11H2,1-3H3,(H,19,20)(H2,17,18,21). The molecule has 0 radical (unpaired) electrons. The number of carbonyl (C=O) groups is 2. The number of carboxylic acid groups (broad SMARTS) is 1. The minimum atomic E-state index is -1.18. The lowest BCUT2D eigenvalue weighted by Crippen LogP contribution is -2.55. The van der Waals surface area contributed by atoms with Gasteiger partial charge >= 0.3 is 12.0 Å². The second-order valence-corrected chi connectivity index (χ2v) is 6.68. The van der Waals surface area contributed by atoms with Gasteiger partial charge in [-0.3, -0.25) is 0 Å². The molecule has 1 rings (SSSR count). The van der Waals surface area contributed by atoms with Crippen molar-refractivity contribution < 1.29 is 14.7 Å². The van der Waals surface area contributed by atoms with Crippen LogP contribution in [0.15, 0.2) is 0 Å². The third-order valence-electron chi connectivity index (χ3n) is 4.59. The summed E-state index contributed by atoms with van der Waals surface area (Å²) in [5.41, 5.74) is -1.18. The van der Waals surface area contributed by atoms with Crippen molar-refractivity contribution in [2.75, 3.05) is 6.54 Å². The lowest BCUT2D eigenvalue weighted by molar-refractivity contribution is -0.144. The Bertz CT molecular complexity index is 351. The lowest BCUT2D eigenvalue weighted by Gasteiger charge is -2.27. The van der Waals surface area contributed by atoms with Gasteiger partial charge in [-0.25, -0.2) is 9.59 Å². The molecule has 0 spiro atoms. The second kappa shape index (κ2) is 8.25. The van der Waals surface area contributed by atoms with Crippen LogP contribution in [0.2, 0.25) is 0 Å². The molecule has 21 heavy (non-hydrogen) atoms. The zero-order valence-electron chi connectivity index (χ0n) is 13.6. The third kappa shape index (κ3) is 5.94. The number of carboxylic acids is 1. The van der Waals surface area contributed by atoms with Gasteiger partial charge in [-0.05, 0) is 31.6 Å². The number of aliphatic carboxylic acids is 1. The first kappa shape index (κ1) is 17.8. The topological polar surface area (TPSA) is 78.4 Å². The molecule has 1 atom stereocenters. The number of nitrogens with one attached hydrogen (secondary N) is 2. The van der Waals surface area contributed by atoms with Crippen LogP contribution in [0.25, 0.3) is 0 Å². The molecule has 1 saturated carbocycles. The Morgan fingerprint density at radius 2 is 1.86 bits per heavy atom. The molecule has 1 aliphatic carbocycles. The summed E-state index contributed by atoms with van der Waals surface area (Å²) in [6.45, 7) is 6.38. The molecular formula is C16H30N2O3. The first-order chi connectivity index (χ1) is 9.87. The Morgan fingerprint density at radius 3 is 2.38 bits per heavy atom. The molecule has 0 bridgehead atoms. The van der Waals surface area contributed by atoms with Gasteiger partial charge in [0.05, 0.1) is 0 Å². The third-order valence-corrected chi connectivity index (χ3v) is 4.59. The van der Waals surface area contributed by atoms with Gasteiger partial charge in [-0.15, -0.1) is 0 Å². The molecule has 1 aliphatic rings. The Hall–Kier alpha value is -1.26. The molecule has 0 heterocycles. The average Bonchev–Trinajstić information content (AvgIpc) is 2.41. The van der Waals surface area contributed by atoms with Gasteiger partial charge in [0, 0.05) is 6.54 Å². The van der Waals surface area contributed by atoms with Crippen molar-refractivity contribution >= 4 is 12.0 Å². The zero-order chi connectivity index (χ0) is 15.9. The molecule has 5 heteroatoms. The summed E-state index contributed by atoms with van der Waals surface area (Å²) in [5, 5.41) is 14.6. The molecule has 1 unspecified atom stereocenters. The molecular weight excluding hydrogens is 268 g/mol. The van der Waals surface area contributed by atoms with Crippen molar-refractivity contribution in [3.05, 3.63) is 0 Å². The molecule has 2 amide bonds. The molecule has 0 aliphatic heterocycles. The second-order valence-electron chi connectivity index (χ2n) is 6.68. The summed E-state index contributed by atoms with van der Waals surface area (Å²) in [6.07, 6.45) is 7.17. The highest BCUT2D eigenvalue weighted by Gasteiger charge is 2.33. The first-order valence-corrected chi connectivity index (χ1v) is 8.16. The van der Waals surface area contributed by atoms with E-state index < -0.39 is 11.5 Å². The Kier molecular flexibility index (Phi) is 6.99. The zero-order valence-corrected chi connectivity index (χ0v) is 13.6. The quantitative estimate of drug-likeness (QED) is 0.675. The molecule has 0 aromatic heterocycles. The molecule has 122 valence electrons. The van der Waals surface area contributed by atoms with Crippen molar-refractivity contribution in [2.45, 2.75) is 71.3 Å². The van der Waals surface area contributed by atoms with Crippen LogP contribution >= 0.6 is 0 Å². The van der Waals surface area contributed by atoms with Crippen LogP contribution in [0.1, 0.15) is 65.7 Å². The van der Waals surface area contributed by atoms with Gasteiger partial charge in [0.2, 0.25) is 0 Å². The van der Waals surface area contributed by atoms with Crippen LogP contribution in [0.4, 0.5) is 4.79 Å². The van der Waals surface area contributed by atoms with E-state index in [0.717, 1.165) is 12.3 Å². The highest BCUT2D eigenvalue weighted by atomic mass is 16.4. The van der Waals surface area contributed by atoms with E-state index in [-0.39, 0.29) is 6.03 Å². The number of carbonyl (C=O) groups excluding carboxylic acids is 1. The van der Waals surface area contributed by atoms with Gasteiger partial charge in [-0.1, -0.05) is 46.0 Å². The highest BCUT2D eigenvalue weighted by molar-refractivity contribution is 5.85. The van der Waals surface area contributed by atoms with Crippen LogP contribution in [0, 0.1) is 11.8 Å². The molecule has 1 fully saturated rings. The fourth-order valence-electron chi connectivity index (χ4n) is 3.03. The molecule has 0 aromatic carbocycles. The average molecular weight is 298 g/mol. The number of hydrogen-bond donors (Lipinski definition) is 3. The smallest absolute Gasteiger partial charge is 0.329 e. The Morgan fingerprint density at radius 1 is 1.24 bits per heavy atom. The summed E-state index contributed by atoms with van der Waals surface area (Å²) < 4.78 is 0. The number of urea groups is 1. The van der Waals surface area contributed by atoms with Crippen molar-refractivity contribution in [3.63, 3.8) is 0 Å². The monoisotopic (exact) mass is 298 g/mol. The van der Waals surface area contributed by atoms with Crippen LogP contribution in [-0.2, 0) is 4.79 Å². The molecule has 5 nitrogen and oxygen atoms in total. The van der Waals surface area contributed by atoms with Gasteiger partial charge in [0.1, 0.15) is 5.54 Å². The number of amides is 2. The predicted octanol–water partition coefficient (Wildman–Crippen LogP) is 3.15. The summed E-state index contributed by atoms with van der Waals surface area (Å²) in [5.74, 6) is 0.548. The van der Waals surface area contributed by atoms with E-state index in [2.05, 4.69) is 17.6 Å². The molecule has 0 saturated heterocycles. The SMILES string of the molecule is CCCC(C)(NC(=O)NCCC1CCC(C)CC1)C(=O)O. The van der Waals surface area contributed by atoms with Crippen molar-refractivity contribution in [2.24, 2.45) is 11.8 Å². The Balaban J connectivity index is 2.28. The maximum Gasteiger partial charge on any atom is 0.329 e. The van der Waals surface area contributed by atoms with E-state index in [1.165, 1.54) is 25.7 Å². The van der Waals surface area contributed by atoms with E-state index in [1.807, 2.05) is 6.92 Å². The normalized spacial score (nSPS) is 24.9. The van der Waals surface area contributed by atoms with Gasteiger partial charge in [-0.2, -0.15) is 0 Å². The van der Waals surface area contributed by atoms with Crippen molar-refractivity contribution in [1.29, 1.82) is 0 Å². The lowest BCUT2D eigenvalue weighted by atomic mass is 9.81. The van der Waals surface area contributed by atoms with Crippen LogP contribution in [0.5, 0.6) is 0 Å². The maximum absolute atomic E-state index is 11.8. The fraction of sp³-hybridized carbons (Fsp3) is 0.875. The Labute approximate surface area is 127 Å². The number of hydrogen-bond acceptors (Lipinski definition) is 2. The van der Waals surface area contributed by atoms with E-state index in [4.69, 9.17) is 0 Å². The van der Waals surface area contributed by atoms with E-state index >= 15 is 0 Å². The maximum atomic E-state index is 11.8. The van der Waals surface area contributed by atoms with E-state index in [1.54, 1.807) is 6.92 Å². The molecule has 3 N–H and O–H groups in total. The summed E-state index contributed by atoms with van der Waals surface area (Å²) in [6, 6.07) is -0.377. The van der Waals surface area contributed by atoms with Crippen LogP contribution in [0.3, 0.4) is 0 Å². The summed E-state index contributed by atoms with van der Waals surface area (Å²) in [7, 11) is 0. The highest BCUT2D eigenvalue weighted by Crippen LogP contribution is 2.29. The fourth-order valence-corrected chi connectivity index (χ4v) is 3.03. The number of rotatable bonds is 7. The summed E-state index contributed by atoms with van der Waals surface area (Å²) in [4.78, 5) is 23.1. The summed E-state index contributed by atoms with van der Waals surface area (Å²) >= 11 is 0.